The summed E-state index contributed by atoms with van der Waals surface area (Å²) in [5, 5.41) is 14.3. The van der Waals surface area contributed by atoms with E-state index in [2.05, 4.69) is 24.4 Å². The second kappa shape index (κ2) is 26.4. The first-order chi connectivity index (χ1) is 2.83. The Labute approximate surface area is 93.0 Å². The summed E-state index contributed by atoms with van der Waals surface area (Å²) in [6.07, 6.45) is 0. The van der Waals surface area contributed by atoms with Gasteiger partial charge in [0.2, 0.25) is 0 Å². The first kappa shape index (κ1) is 15.8. The second-order valence-corrected chi connectivity index (χ2v) is 0.548. The van der Waals surface area contributed by atoms with Gasteiger partial charge < -0.3 is 34.6 Å². The fourth-order valence-electron chi connectivity index (χ4n) is 0. The first-order valence-corrected chi connectivity index (χ1v) is 1.67. The molecule has 0 heterocycles. The van der Waals surface area contributed by atoms with Crippen LogP contribution in [0.4, 0.5) is 0 Å². The van der Waals surface area contributed by atoms with Crippen molar-refractivity contribution in [1.82, 2.24) is 0 Å². The molecule has 0 aliphatic rings. The standard InChI is InChI=1S/2CHOS.Ba/c2*2-1-3;/h2*(H,2,3);/q2*-1;+2. The molecule has 0 aliphatic carbocycles. The average Bonchev–Trinajstić information content (AvgIpc) is 1.39. The predicted octanol–water partition coefficient (Wildman–Crippen LogP) is 0.376. The van der Waals surface area contributed by atoms with E-state index in [-0.39, 0.29) is 48.9 Å². The summed E-state index contributed by atoms with van der Waals surface area (Å²) in [5.74, 6) is 0. The van der Waals surface area contributed by atoms with E-state index in [0.29, 0.717) is 0 Å². The van der Waals surface area contributed by atoms with Crippen molar-refractivity contribution in [1.29, 1.82) is 0 Å². The molecule has 0 fully saturated rings. The molecule has 0 saturated heterocycles. The van der Waals surface area contributed by atoms with Crippen molar-refractivity contribution in [2.24, 2.45) is 0 Å². The molecule has 0 spiro atoms. The molecule has 2 nitrogen and oxygen atoms in total. The van der Waals surface area contributed by atoms with Crippen molar-refractivity contribution < 1.29 is 10.2 Å². The van der Waals surface area contributed by atoms with Gasteiger partial charge in [0.15, 0.2) is 0 Å². The number of hydrogen-bond acceptors (Lipinski definition) is 2. The first-order valence-electron chi connectivity index (χ1n) is 0.855. The van der Waals surface area contributed by atoms with Gasteiger partial charge in [0.25, 0.3) is 0 Å². The predicted molar refractivity (Wildman–Crippen MR) is 36.2 cm³/mol. The number of aliphatic hydroxyl groups is 2. The zero-order valence-electron chi connectivity index (χ0n) is 3.42. The minimum absolute atomic E-state index is 0. The molecule has 0 rings (SSSR count). The van der Waals surface area contributed by atoms with Crippen molar-refractivity contribution in [2.75, 3.05) is 0 Å². The number of hydrogen-bond donors (Lipinski definition) is 2. The maximum Gasteiger partial charge on any atom is 2.00 e. The van der Waals surface area contributed by atoms with Crippen LogP contribution in [0.5, 0.6) is 0 Å². The van der Waals surface area contributed by atoms with E-state index in [4.69, 9.17) is 10.2 Å². The molecular weight excluding hydrogens is 257 g/mol. The maximum absolute atomic E-state index is 7.13. The van der Waals surface area contributed by atoms with Crippen LogP contribution in [0, 0.1) is 0 Å². The molecule has 0 aromatic carbocycles. The van der Waals surface area contributed by atoms with Crippen molar-refractivity contribution >= 4 is 84.4 Å². The Bertz CT molecular complexity index is 34.7. The third-order valence-corrected chi connectivity index (χ3v) is 0. The zero-order chi connectivity index (χ0) is 5.41. The summed E-state index contributed by atoms with van der Waals surface area (Å²) < 4.78 is 0. The van der Waals surface area contributed by atoms with E-state index in [1.807, 2.05) is 0 Å². The van der Waals surface area contributed by atoms with Crippen molar-refractivity contribution in [3.8, 4) is 0 Å². The molecule has 0 aliphatic heterocycles. The molecule has 0 aromatic rings. The van der Waals surface area contributed by atoms with E-state index in [0.717, 1.165) is 0 Å². The van der Waals surface area contributed by atoms with Crippen molar-refractivity contribution in [3.63, 3.8) is 0 Å². The minimum Gasteiger partial charge on any atom is -0.694 e. The molecule has 0 unspecified atom stereocenters. The van der Waals surface area contributed by atoms with Gasteiger partial charge in [-0.15, -0.1) is 0 Å². The zero-order valence-corrected chi connectivity index (χ0v) is 9.49. The van der Waals surface area contributed by atoms with Crippen molar-refractivity contribution in [3.05, 3.63) is 0 Å². The number of rotatable bonds is 0. The normalized spacial score (nSPS) is 3.43. The maximum atomic E-state index is 7.13. The monoisotopic (exact) mass is 260 g/mol. The van der Waals surface area contributed by atoms with E-state index in [1.165, 1.54) is 11.1 Å². The summed E-state index contributed by atoms with van der Waals surface area (Å²) in [5.41, 5.74) is 2.67. The van der Waals surface area contributed by atoms with Gasteiger partial charge >= 0.3 is 48.9 Å². The van der Waals surface area contributed by atoms with Crippen LogP contribution in [0.25, 0.3) is 0 Å². The molecule has 0 radical (unpaired) electrons. The van der Waals surface area contributed by atoms with Gasteiger partial charge in [-0.25, -0.2) is 11.1 Å². The molecular formula is C2H2BaO2S2. The van der Waals surface area contributed by atoms with Crippen LogP contribution in [-0.2, 0) is 0 Å². The Balaban J connectivity index is -0.0000000400. The summed E-state index contributed by atoms with van der Waals surface area (Å²) in [4.78, 5) is 0. The van der Waals surface area contributed by atoms with Crippen LogP contribution in [-0.4, -0.2) is 70.2 Å². The minimum atomic E-state index is 0. The van der Waals surface area contributed by atoms with Gasteiger partial charge in [0, 0.05) is 0 Å². The van der Waals surface area contributed by atoms with Gasteiger partial charge in [-0.2, -0.15) is 0 Å². The van der Waals surface area contributed by atoms with Crippen LogP contribution in [0.2, 0.25) is 0 Å². The van der Waals surface area contributed by atoms with Gasteiger partial charge in [0.1, 0.15) is 0 Å². The number of aliphatic hydroxyl groups excluding tert-OH is 2. The SMILES string of the molecule is O[C-]=S.O[C-]=S.[Ba+2]. The van der Waals surface area contributed by atoms with Crippen LogP contribution < -0.4 is 0 Å². The molecule has 36 valence electrons. The van der Waals surface area contributed by atoms with Gasteiger partial charge in [0.05, 0.1) is 0 Å². The fourth-order valence-corrected chi connectivity index (χ4v) is 0. The largest absolute Gasteiger partial charge is 2.00 e. The average molecular weight is 259 g/mol. The third kappa shape index (κ3) is 115. The van der Waals surface area contributed by atoms with Crippen LogP contribution in [0.1, 0.15) is 0 Å². The Hall–Kier alpha value is 1.35. The molecule has 2 N–H and O–H groups in total. The van der Waals surface area contributed by atoms with E-state index in [9.17, 15) is 0 Å². The smallest absolute Gasteiger partial charge is 0.694 e. The molecule has 5 heteroatoms. The number of thiocarbonyl (C=S) groups is 2. The Morgan fingerprint density at radius 3 is 1.00 bits per heavy atom. The van der Waals surface area contributed by atoms with E-state index in [1.54, 1.807) is 0 Å². The molecule has 0 atom stereocenters. The van der Waals surface area contributed by atoms with E-state index < -0.39 is 0 Å². The second-order valence-electron chi connectivity index (χ2n) is 0.183. The Kier molecular flexibility index (Phi) is 59.4. The molecule has 7 heavy (non-hydrogen) atoms. The summed E-state index contributed by atoms with van der Waals surface area (Å²) in [7, 11) is 0. The molecule has 0 amide bonds. The van der Waals surface area contributed by atoms with Gasteiger partial charge in [-0.3, -0.25) is 0 Å². The van der Waals surface area contributed by atoms with Gasteiger partial charge in [-0.1, -0.05) is 0 Å². The van der Waals surface area contributed by atoms with Crippen LogP contribution in [0.15, 0.2) is 0 Å². The summed E-state index contributed by atoms with van der Waals surface area (Å²) in [6.45, 7) is 0. The Morgan fingerprint density at radius 1 is 1.00 bits per heavy atom. The van der Waals surface area contributed by atoms with Crippen LogP contribution in [0.3, 0.4) is 0 Å². The Morgan fingerprint density at radius 2 is 1.00 bits per heavy atom. The summed E-state index contributed by atoms with van der Waals surface area (Å²) >= 11 is 7.40. The van der Waals surface area contributed by atoms with E-state index >= 15 is 0 Å². The fraction of sp³-hybridized carbons (Fsp3) is 0. The van der Waals surface area contributed by atoms with Crippen molar-refractivity contribution in [2.45, 2.75) is 0 Å². The molecule has 0 bridgehead atoms. The summed E-state index contributed by atoms with van der Waals surface area (Å²) in [6, 6.07) is 0. The third-order valence-electron chi connectivity index (χ3n) is 0. The molecule has 0 aromatic heterocycles. The van der Waals surface area contributed by atoms with Crippen LogP contribution >= 0.6 is 24.4 Å². The quantitative estimate of drug-likeness (QED) is 0.375. The molecule has 0 saturated carbocycles. The topological polar surface area (TPSA) is 40.5 Å². The van der Waals surface area contributed by atoms with Gasteiger partial charge in [-0.05, 0) is 0 Å².